The monoisotopic (exact) mass is 270 g/mol. The molecule has 5 nitrogen and oxygen atoms in total. The minimum absolute atomic E-state index is 0.723. The van der Waals surface area contributed by atoms with Crippen molar-refractivity contribution < 1.29 is 4.74 Å². The first-order valence-corrected chi connectivity index (χ1v) is 6.85. The molecule has 0 bridgehead atoms. The van der Waals surface area contributed by atoms with Gasteiger partial charge in [0.15, 0.2) is 0 Å². The fourth-order valence-corrected chi connectivity index (χ4v) is 2.62. The first-order chi connectivity index (χ1) is 9.86. The Morgan fingerprint density at radius 1 is 1.15 bits per heavy atom. The van der Waals surface area contributed by atoms with Crippen LogP contribution in [-0.2, 0) is 19.4 Å². The second-order valence-electron chi connectivity index (χ2n) is 4.94. The van der Waals surface area contributed by atoms with Gasteiger partial charge in [0.25, 0.3) is 0 Å². The number of ether oxygens (including phenoxy) is 1. The van der Waals surface area contributed by atoms with Crippen molar-refractivity contribution in [3.8, 4) is 5.88 Å². The van der Waals surface area contributed by atoms with Crippen LogP contribution in [-0.4, -0.2) is 40.1 Å². The Labute approximate surface area is 118 Å². The van der Waals surface area contributed by atoms with Crippen molar-refractivity contribution in [1.29, 1.82) is 0 Å². The van der Waals surface area contributed by atoms with E-state index in [1.807, 2.05) is 12.4 Å². The van der Waals surface area contributed by atoms with E-state index >= 15 is 0 Å². The van der Waals surface area contributed by atoms with Crippen LogP contribution in [0.1, 0.15) is 16.8 Å². The molecule has 0 spiro atoms. The summed E-state index contributed by atoms with van der Waals surface area (Å²) in [7, 11) is 1.67. The van der Waals surface area contributed by atoms with Crippen LogP contribution in [0.5, 0.6) is 5.88 Å². The molecule has 0 fully saturated rings. The molecule has 1 aliphatic heterocycles. The first-order valence-electron chi connectivity index (χ1n) is 6.85. The Hall–Kier alpha value is -2.01. The second-order valence-corrected chi connectivity index (χ2v) is 4.94. The molecular weight excluding hydrogens is 252 g/mol. The van der Waals surface area contributed by atoms with Crippen molar-refractivity contribution in [2.24, 2.45) is 0 Å². The molecular formula is C15H18N4O. The summed E-state index contributed by atoms with van der Waals surface area (Å²) in [6.07, 6.45) is 7.16. The number of pyridine rings is 1. The molecule has 0 radical (unpaired) electrons. The van der Waals surface area contributed by atoms with Crippen LogP contribution in [0.4, 0.5) is 0 Å². The number of rotatable bonds is 3. The van der Waals surface area contributed by atoms with Gasteiger partial charge in [-0.15, -0.1) is 0 Å². The van der Waals surface area contributed by atoms with Crippen LogP contribution in [0.3, 0.4) is 0 Å². The third-order valence-electron chi connectivity index (χ3n) is 3.69. The summed E-state index contributed by atoms with van der Waals surface area (Å²) in [6, 6.07) is 4.14. The van der Waals surface area contributed by atoms with Crippen molar-refractivity contribution in [2.45, 2.75) is 19.4 Å². The SMILES string of the molecule is COc1ncnc2c1CCN(Cc1ccncc1)CC2. The van der Waals surface area contributed by atoms with E-state index in [0.29, 0.717) is 0 Å². The topological polar surface area (TPSA) is 51.1 Å². The van der Waals surface area contributed by atoms with E-state index in [2.05, 4.69) is 32.0 Å². The summed E-state index contributed by atoms with van der Waals surface area (Å²) in [4.78, 5) is 15.1. The van der Waals surface area contributed by atoms with Gasteiger partial charge < -0.3 is 4.74 Å². The van der Waals surface area contributed by atoms with Crippen molar-refractivity contribution in [3.05, 3.63) is 47.7 Å². The molecule has 0 N–H and O–H groups in total. The molecule has 3 rings (SSSR count). The standard InChI is InChI=1S/C15H18N4O/c1-20-15-13-4-8-19(9-5-14(13)17-11-18-15)10-12-2-6-16-7-3-12/h2-3,6-7,11H,4-5,8-10H2,1H3. The number of hydrogen-bond donors (Lipinski definition) is 0. The fourth-order valence-electron chi connectivity index (χ4n) is 2.62. The molecule has 0 amide bonds. The van der Waals surface area contributed by atoms with Gasteiger partial charge in [0.1, 0.15) is 6.33 Å². The third-order valence-corrected chi connectivity index (χ3v) is 3.69. The van der Waals surface area contributed by atoms with Crippen LogP contribution >= 0.6 is 0 Å². The van der Waals surface area contributed by atoms with Crippen molar-refractivity contribution in [3.63, 3.8) is 0 Å². The molecule has 5 heteroatoms. The second kappa shape index (κ2) is 5.96. The molecule has 0 unspecified atom stereocenters. The van der Waals surface area contributed by atoms with E-state index < -0.39 is 0 Å². The quantitative estimate of drug-likeness (QED) is 0.845. The van der Waals surface area contributed by atoms with Gasteiger partial charge in [0.2, 0.25) is 5.88 Å². The number of methoxy groups -OCH3 is 1. The fraction of sp³-hybridized carbons (Fsp3) is 0.400. The molecule has 2 aromatic rings. The van der Waals surface area contributed by atoms with Crippen LogP contribution in [0.2, 0.25) is 0 Å². The van der Waals surface area contributed by atoms with E-state index in [1.165, 1.54) is 5.56 Å². The zero-order valence-corrected chi connectivity index (χ0v) is 11.6. The molecule has 0 aliphatic carbocycles. The van der Waals surface area contributed by atoms with Gasteiger partial charge in [-0.3, -0.25) is 9.88 Å². The van der Waals surface area contributed by atoms with Crippen molar-refractivity contribution >= 4 is 0 Å². The van der Waals surface area contributed by atoms with E-state index in [4.69, 9.17) is 4.74 Å². The zero-order valence-electron chi connectivity index (χ0n) is 11.6. The number of hydrogen-bond acceptors (Lipinski definition) is 5. The molecule has 0 aromatic carbocycles. The maximum absolute atomic E-state index is 5.34. The lowest BCUT2D eigenvalue weighted by atomic mass is 10.1. The molecule has 1 aliphatic rings. The molecule has 2 aromatic heterocycles. The van der Waals surface area contributed by atoms with Crippen molar-refractivity contribution in [2.75, 3.05) is 20.2 Å². The minimum Gasteiger partial charge on any atom is -0.481 e. The van der Waals surface area contributed by atoms with Gasteiger partial charge in [0, 0.05) is 44.0 Å². The Balaban J connectivity index is 1.73. The molecule has 0 saturated heterocycles. The number of aromatic nitrogens is 3. The van der Waals surface area contributed by atoms with Crippen molar-refractivity contribution in [1.82, 2.24) is 19.9 Å². The Morgan fingerprint density at radius 3 is 2.75 bits per heavy atom. The van der Waals surface area contributed by atoms with E-state index in [9.17, 15) is 0 Å². The smallest absolute Gasteiger partial charge is 0.219 e. The van der Waals surface area contributed by atoms with Gasteiger partial charge in [0.05, 0.1) is 12.8 Å². The van der Waals surface area contributed by atoms with Crippen LogP contribution in [0, 0.1) is 0 Å². The predicted molar refractivity (Wildman–Crippen MR) is 75.5 cm³/mol. The highest BCUT2D eigenvalue weighted by Gasteiger charge is 2.18. The Bertz CT molecular complexity index is 573. The van der Waals surface area contributed by atoms with Crippen LogP contribution in [0.15, 0.2) is 30.9 Å². The summed E-state index contributed by atoms with van der Waals surface area (Å²) >= 11 is 0. The maximum atomic E-state index is 5.34. The lowest BCUT2D eigenvalue weighted by Gasteiger charge is -2.19. The maximum Gasteiger partial charge on any atom is 0.219 e. The average Bonchev–Trinajstić information content (AvgIpc) is 2.71. The molecule has 104 valence electrons. The summed E-state index contributed by atoms with van der Waals surface area (Å²) in [6.45, 7) is 2.96. The summed E-state index contributed by atoms with van der Waals surface area (Å²) in [5.74, 6) is 0.723. The minimum atomic E-state index is 0.723. The Morgan fingerprint density at radius 2 is 1.95 bits per heavy atom. The van der Waals surface area contributed by atoms with E-state index in [0.717, 1.165) is 49.6 Å². The van der Waals surface area contributed by atoms with Crippen LogP contribution in [0.25, 0.3) is 0 Å². The molecule has 3 heterocycles. The van der Waals surface area contributed by atoms with E-state index in [1.54, 1.807) is 13.4 Å². The highest BCUT2D eigenvalue weighted by Crippen LogP contribution is 2.22. The number of fused-ring (bicyclic) bond motifs is 1. The highest BCUT2D eigenvalue weighted by molar-refractivity contribution is 5.31. The van der Waals surface area contributed by atoms with E-state index in [-0.39, 0.29) is 0 Å². The van der Waals surface area contributed by atoms with Gasteiger partial charge >= 0.3 is 0 Å². The largest absolute Gasteiger partial charge is 0.481 e. The zero-order chi connectivity index (χ0) is 13.8. The third kappa shape index (κ3) is 2.77. The first kappa shape index (κ1) is 13.0. The normalized spacial score (nSPS) is 15.4. The van der Waals surface area contributed by atoms with Gasteiger partial charge in [-0.25, -0.2) is 9.97 Å². The average molecular weight is 270 g/mol. The Kier molecular flexibility index (Phi) is 3.87. The van der Waals surface area contributed by atoms with Gasteiger partial charge in [-0.2, -0.15) is 0 Å². The van der Waals surface area contributed by atoms with Gasteiger partial charge in [-0.1, -0.05) is 0 Å². The molecule has 0 saturated carbocycles. The molecule has 0 atom stereocenters. The summed E-state index contributed by atoms with van der Waals surface area (Å²) < 4.78 is 5.34. The predicted octanol–water partition coefficient (Wildman–Crippen LogP) is 1.48. The lowest BCUT2D eigenvalue weighted by Crippen LogP contribution is -2.25. The highest BCUT2D eigenvalue weighted by atomic mass is 16.5. The number of nitrogens with zero attached hydrogens (tertiary/aromatic N) is 4. The lowest BCUT2D eigenvalue weighted by molar-refractivity contribution is 0.278. The van der Waals surface area contributed by atoms with Crippen LogP contribution < -0.4 is 4.74 Å². The summed E-state index contributed by atoms with van der Waals surface area (Å²) in [5, 5.41) is 0. The summed E-state index contributed by atoms with van der Waals surface area (Å²) in [5.41, 5.74) is 3.57. The molecule has 20 heavy (non-hydrogen) atoms. The van der Waals surface area contributed by atoms with Gasteiger partial charge in [-0.05, 0) is 24.1 Å².